The average molecular weight is 430 g/mol. The van der Waals surface area contributed by atoms with Crippen molar-refractivity contribution in [2.75, 3.05) is 0 Å². The van der Waals surface area contributed by atoms with Crippen molar-refractivity contribution in [1.29, 1.82) is 0 Å². The molecule has 0 unspecified atom stereocenters. The number of hydrogen-bond acceptors (Lipinski definition) is 4. The maximum absolute atomic E-state index is 12.4. The van der Waals surface area contributed by atoms with Crippen LogP contribution in [0.15, 0.2) is 71.6 Å². The van der Waals surface area contributed by atoms with E-state index in [1.807, 2.05) is 18.2 Å². The number of para-hydroxylation sites is 1. The molecule has 0 aliphatic heterocycles. The SMILES string of the molecule is O=S(=O)(Oc1ccc(Oc2ccccc2)cc1)c1cc(Cl)c(Cl)cc1Cl. The van der Waals surface area contributed by atoms with Gasteiger partial charge in [-0.25, -0.2) is 0 Å². The standard InChI is InChI=1S/C18H11Cl3O4S/c19-15-10-17(21)18(11-16(15)20)26(22,23)25-14-8-6-13(7-9-14)24-12-4-2-1-3-5-12/h1-11H. The number of halogens is 3. The van der Waals surface area contributed by atoms with E-state index in [9.17, 15) is 8.42 Å². The highest BCUT2D eigenvalue weighted by atomic mass is 35.5. The number of hydrogen-bond donors (Lipinski definition) is 0. The van der Waals surface area contributed by atoms with Gasteiger partial charge < -0.3 is 8.92 Å². The van der Waals surface area contributed by atoms with E-state index in [1.54, 1.807) is 24.3 Å². The van der Waals surface area contributed by atoms with Crippen LogP contribution in [0.2, 0.25) is 15.1 Å². The lowest BCUT2D eigenvalue weighted by Gasteiger charge is -2.10. The lowest BCUT2D eigenvalue weighted by molar-refractivity contribution is 0.474. The molecule has 0 aliphatic rings. The van der Waals surface area contributed by atoms with E-state index >= 15 is 0 Å². The zero-order valence-corrected chi connectivity index (χ0v) is 16.1. The van der Waals surface area contributed by atoms with Gasteiger partial charge in [-0.1, -0.05) is 53.0 Å². The molecule has 0 fully saturated rings. The summed E-state index contributed by atoms with van der Waals surface area (Å²) in [5, 5.41) is 0.131. The van der Waals surface area contributed by atoms with E-state index in [0.29, 0.717) is 11.5 Å². The van der Waals surface area contributed by atoms with Crippen LogP contribution < -0.4 is 8.92 Å². The van der Waals surface area contributed by atoms with Crippen molar-refractivity contribution in [3.63, 3.8) is 0 Å². The van der Waals surface area contributed by atoms with Gasteiger partial charge in [0.15, 0.2) is 0 Å². The second-order valence-electron chi connectivity index (χ2n) is 5.12. The fourth-order valence-electron chi connectivity index (χ4n) is 2.06. The zero-order chi connectivity index (χ0) is 18.7. The third kappa shape index (κ3) is 4.43. The zero-order valence-electron chi connectivity index (χ0n) is 13.0. The molecule has 0 atom stereocenters. The van der Waals surface area contributed by atoms with Crippen LogP contribution in [0.25, 0.3) is 0 Å². The first-order chi connectivity index (χ1) is 12.3. The molecular formula is C18H11Cl3O4S. The Bertz CT molecular complexity index is 1020. The number of ether oxygens (including phenoxy) is 1. The van der Waals surface area contributed by atoms with Crippen LogP contribution in [0.4, 0.5) is 0 Å². The molecule has 0 amide bonds. The fraction of sp³-hybridized carbons (Fsp3) is 0. The number of rotatable bonds is 5. The first kappa shape index (κ1) is 18.9. The van der Waals surface area contributed by atoms with Crippen LogP contribution in [0.5, 0.6) is 17.2 Å². The second kappa shape index (κ2) is 7.76. The number of benzene rings is 3. The maximum atomic E-state index is 12.4. The lowest BCUT2D eigenvalue weighted by atomic mass is 10.3. The molecule has 0 radical (unpaired) electrons. The Morgan fingerprint density at radius 1 is 0.654 bits per heavy atom. The second-order valence-corrected chi connectivity index (χ2v) is 7.86. The predicted molar refractivity (Wildman–Crippen MR) is 102 cm³/mol. The van der Waals surface area contributed by atoms with E-state index in [0.717, 1.165) is 6.07 Å². The van der Waals surface area contributed by atoms with Crippen molar-refractivity contribution in [2.45, 2.75) is 4.90 Å². The van der Waals surface area contributed by atoms with Gasteiger partial charge in [-0.2, -0.15) is 8.42 Å². The molecule has 0 aliphatic carbocycles. The molecule has 0 aromatic heterocycles. The van der Waals surface area contributed by atoms with E-state index in [-0.39, 0.29) is 25.7 Å². The highest BCUT2D eigenvalue weighted by molar-refractivity contribution is 7.87. The Kier molecular flexibility index (Phi) is 5.63. The van der Waals surface area contributed by atoms with Gasteiger partial charge in [0.2, 0.25) is 0 Å². The minimum absolute atomic E-state index is 0.0600. The van der Waals surface area contributed by atoms with Gasteiger partial charge >= 0.3 is 10.1 Å². The van der Waals surface area contributed by atoms with Crippen LogP contribution >= 0.6 is 34.8 Å². The minimum atomic E-state index is -4.17. The van der Waals surface area contributed by atoms with E-state index in [4.69, 9.17) is 43.7 Å². The monoisotopic (exact) mass is 428 g/mol. The van der Waals surface area contributed by atoms with Gasteiger partial charge in [0.05, 0.1) is 15.1 Å². The lowest BCUT2D eigenvalue weighted by Crippen LogP contribution is -2.10. The highest BCUT2D eigenvalue weighted by Gasteiger charge is 2.22. The van der Waals surface area contributed by atoms with Gasteiger partial charge in [-0.05, 0) is 48.5 Å². The first-order valence-corrected chi connectivity index (χ1v) is 9.81. The molecule has 0 heterocycles. The molecule has 3 aromatic carbocycles. The molecule has 3 rings (SSSR count). The van der Waals surface area contributed by atoms with E-state index in [1.165, 1.54) is 18.2 Å². The van der Waals surface area contributed by atoms with Crippen molar-refractivity contribution in [2.24, 2.45) is 0 Å². The highest BCUT2D eigenvalue weighted by Crippen LogP contribution is 2.33. The largest absolute Gasteiger partial charge is 0.457 e. The normalized spacial score (nSPS) is 11.2. The minimum Gasteiger partial charge on any atom is -0.457 e. The molecule has 0 N–H and O–H groups in total. The Morgan fingerprint density at radius 3 is 1.85 bits per heavy atom. The Labute approximate surface area is 166 Å². The Balaban J connectivity index is 1.79. The first-order valence-electron chi connectivity index (χ1n) is 7.27. The Hall–Kier alpha value is -1.92. The fourth-order valence-corrected chi connectivity index (χ4v) is 3.96. The molecule has 26 heavy (non-hydrogen) atoms. The average Bonchev–Trinajstić information content (AvgIpc) is 2.60. The van der Waals surface area contributed by atoms with E-state index < -0.39 is 10.1 Å². The van der Waals surface area contributed by atoms with Gasteiger partial charge in [0.25, 0.3) is 0 Å². The summed E-state index contributed by atoms with van der Waals surface area (Å²) in [7, 11) is -4.17. The van der Waals surface area contributed by atoms with Crippen LogP contribution in [-0.2, 0) is 10.1 Å². The van der Waals surface area contributed by atoms with Crippen molar-refractivity contribution in [1.82, 2.24) is 0 Å². The summed E-state index contributed by atoms with van der Waals surface area (Å²) in [6.45, 7) is 0. The predicted octanol–water partition coefficient (Wildman–Crippen LogP) is 6.21. The summed E-state index contributed by atoms with van der Waals surface area (Å²) < 4.78 is 35.6. The molecular weight excluding hydrogens is 419 g/mol. The third-order valence-electron chi connectivity index (χ3n) is 3.25. The topological polar surface area (TPSA) is 52.6 Å². The van der Waals surface area contributed by atoms with Crippen molar-refractivity contribution >= 4 is 44.9 Å². The molecule has 4 nitrogen and oxygen atoms in total. The van der Waals surface area contributed by atoms with Gasteiger partial charge in [-0.15, -0.1) is 0 Å². The maximum Gasteiger partial charge on any atom is 0.340 e. The summed E-state index contributed by atoms with van der Waals surface area (Å²) in [6, 6.07) is 17.7. The van der Waals surface area contributed by atoms with Crippen molar-refractivity contribution < 1.29 is 17.3 Å². The van der Waals surface area contributed by atoms with Crippen LogP contribution in [0.3, 0.4) is 0 Å². The van der Waals surface area contributed by atoms with Crippen molar-refractivity contribution in [3.8, 4) is 17.2 Å². The summed E-state index contributed by atoms with van der Waals surface area (Å²) in [5.74, 6) is 1.30. The van der Waals surface area contributed by atoms with Gasteiger partial charge in [-0.3, -0.25) is 0 Å². The molecule has 0 spiro atoms. The quantitative estimate of drug-likeness (QED) is 0.357. The summed E-state index contributed by atoms with van der Waals surface area (Å²) in [5.41, 5.74) is 0. The molecule has 3 aromatic rings. The summed E-state index contributed by atoms with van der Waals surface area (Å²) in [6.07, 6.45) is 0. The molecule has 134 valence electrons. The van der Waals surface area contributed by atoms with Crippen LogP contribution in [-0.4, -0.2) is 8.42 Å². The smallest absolute Gasteiger partial charge is 0.340 e. The summed E-state index contributed by atoms with van der Waals surface area (Å²) in [4.78, 5) is -0.266. The Morgan fingerprint density at radius 2 is 1.19 bits per heavy atom. The van der Waals surface area contributed by atoms with Gasteiger partial charge in [0, 0.05) is 0 Å². The molecule has 0 bridgehead atoms. The van der Waals surface area contributed by atoms with Crippen molar-refractivity contribution in [3.05, 3.63) is 81.8 Å². The van der Waals surface area contributed by atoms with Gasteiger partial charge in [0.1, 0.15) is 22.1 Å². The summed E-state index contributed by atoms with van der Waals surface area (Å²) >= 11 is 17.6. The molecule has 0 saturated heterocycles. The van der Waals surface area contributed by atoms with Crippen LogP contribution in [0.1, 0.15) is 0 Å². The van der Waals surface area contributed by atoms with Crippen LogP contribution in [0, 0.1) is 0 Å². The third-order valence-corrected chi connectivity index (χ3v) is 5.69. The molecule has 0 saturated carbocycles. The molecule has 8 heteroatoms. The van der Waals surface area contributed by atoms with E-state index in [2.05, 4.69) is 0 Å².